The second kappa shape index (κ2) is 7.55. The first-order valence-corrected chi connectivity index (χ1v) is 9.62. The van der Waals surface area contributed by atoms with Crippen molar-refractivity contribution in [3.8, 4) is 0 Å². The molecule has 0 unspecified atom stereocenters. The molecule has 0 spiro atoms. The number of hydrogen-bond acceptors (Lipinski definition) is 5. The number of imide groups is 1. The molecule has 0 saturated heterocycles. The van der Waals surface area contributed by atoms with E-state index < -0.39 is 0 Å². The Kier molecular flexibility index (Phi) is 5.38. The highest BCUT2D eigenvalue weighted by Crippen LogP contribution is 2.26. The van der Waals surface area contributed by atoms with E-state index in [0.717, 1.165) is 15.0 Å². The van der Waals surface area contributed by atoms with Crippen molar-refractivity contribution >= 4 is 50.2 Å². The summed E-state index contributed by atoms with van der Waals surface area (Å²) < 4.78 is 0.755. The molecule has 4 amide bonds. The molecule has 0 bridgehead atoms. The number of urea groups is 1. The van der Waals surface area contributed by atoms with Gasteiger partial charge in [-0.1, -0.05) is 15.9 Å². The van der Waals surface area contributed by atoms with E-state index in [0.29, 0.717) is 29.2 Å². The highest BCUT2D eigenvalue weighted by atomic mass is 79.9. The van der Waals surface area contributed by atoms with Crippen LogP contribution in [0.25, 0.3) is 0 Å². The fraction of sp³-hybridized carbons (Fsp3) is 0.294. The fourth-order valence-corrected chi connectivity index (χ4v) is 3.74. The SMILES string of the molecule is Cc1nc(NC(=O)NCCCN2C(=O)c3ccc(Br)cc3C2=O)sc1C. The van der Waals surface area contributed by atoms with Gasteiger partial charge in [0.25, 0.3) is 11.8 Å². The molecule has 1 aromatic carbocycles. The largest absolute Gasteiger partial charge is 0.338 e. The second-order valence-electron chi connectivity index (χ2n) is 5.85. The molecule has 2 N–H and O–H groups in total. The zero-order valence-electron chi connectivity index (χ0n) is 14.3. The van der Waals surface area contributed by atoms with Crippen molar-refractivity contribution in [2.45, 2.75) is 20.3 Å². The van der Waals surface area contributed by atoms with E-state index in [1.54, 1.807) is 18.2 Å². The Bertz CT molecular complexity index is 877. The van der Waals surface area contributed by atoms with Crippen molar-refractivity contribution in [1.29, 1.82) is 0 Å². The Morgan fingerprint density at radius 1 is 1.23 bits per heavy atom. The van der Waals surface area contributed by atoms with Crippen molar-refractivity contribution in [2.24, 2.45) is 0 Å². The van der Waals surface area contributed by atoms with E-state index in [-0.39, 0.29) is 24.4 Å². The molecule has 0 fully saturated rings. The van der Waals surface area contributed by atoms with Gasteiger partial charge in [0.05, 0.1) is 16.8 Å². The van der Waals surface area contributed by atoms with Crippen molar-refractivity contribution in [2.75, 3.05) is 18.4 Å². The number of nitrogens with one attached hydrogen (secondary N) is 2. The number of nitrogens with zero attached hydrogens (tertiary/aromatic N) is 2. The smallest absolute Gasteiger partial charge is 0.321 e. The number of thiazole rings is 1. The number of hydrogen-bond donors (Lipinski definition) is 2. The Morgan fingerprint density at radius 3 is 2.65 bits per heavy atom. The zero-order chi connectivity index (χ0) is 18.8. The van der Waals surface area contributed by atoms with Crippen LogP contribution in [0.4, 0.5) is 9.93 Å². The molecule has 7 nitrogen and oxygen atoms in total. The summed E-state index contributed by atoms with van der Waals surface area (Å²) in [4.78, 5) is 43.0. The average molecular weight is 437 g/mol. The number of amides is 4. The number of carbonyl (C=O) groups excluding carboxylic acids is 3. The lowest BCUT2D eigenvalue weighted by Gasteiger charge is -2.13. The number of rotatable bonds is 5. The van der Waals surface area contributed by atoms with Crippen LogP contribution in [0.15, 0.2) is 22.7 Å². The van der Waals surface area contributed by atoms with Gasteiger partial charge in [0, 0.05) is 22.4 Å². The van der Waals surface area contributed by atoms with Gasteiger partial charge in [0.15, 0.2) is 5.13 Å². The van der Waals surface area contributed by atoms with E-state index in [9.17, 15) is 14.4 Å². The standard InChI is InChI=1S/C17H17BrN4O3S/c1-9-10(2)26-17(20-9)21-16(25)19-6-3-7-22-14(23)12-5-4-11(18)8-13(12)15(22)24/h4-5,8H,3,6-7H2,1-2H3,(H2,19,20,21,25). The van der Waals surface area contributed by atoms with Gasteiger partial charge in [-0.3, -0.25) is 19.8 Å². The summed E-state index contributed by atoms with van der Waals surface area (Å²) in [5, 5.41) is 5.92. The maximum atomic E-state index is 12.3. The summed E-state index contributed by atoms with van der Waals surface area (Å²) in [6.45, 7) is 4.41. The van der Waals surface area contributed by atoms with E-state index >= 15 is 0 Å². The average Bonchev–Trinajstić information content (AvgIpc) is 3.02. The van der Waals surface area contributed by atoms with Crippen LogP contribution >= 0.6 is 27.3 Å². The first-order chi connectivity index (χ1) is 12.4. The van der Waals surface area contributed by atoms with Gasteiger partial charge in [-0.15, -0.1) is 11.3 Å². The highest BCUT2D eigenvalue weighted by molar-refractivity contribution is 9.10. The third-order valence-electron chi connectivity index (χ3n) is 4.03. The van der Waals surface area contributed by atoms with Crippen LogP contribution in [0.5, 0.6) is 0 Å². The maximum absolute atomic E-state index is 12.3. The fourth-order valence-electron chi connectivity index (χ4n) is 2.57. The molecule has 9 heteroatoms. The number of anilines is 1. The Balaban J connectivity index is 1.47. The van der Waals surface area contributed by atoms with Crippen LogP contribution in [-0.4, -0.2) is 40.8 Å². The topological polar surface area (TPSA) is 91.4 Å². The third-order valence-corrected chi connectivity index (χ3v) is 5.51. The number of halogens is 1. The van der Waals surface area contributed by atoms with Crippen LogP contribution in [0.3, 0.4) is 0 Å². The lowest BCUT2D eigenvalue weighted by atomic mass is 10.1. The monoisotopic (exact) mass is 436 g/mol. The quantitative estimate of drug-likeness (QED) is 0.555. The molecule has 1 aliphatic heterocycles. The summed E-state index contributed by atoms with van der Waals surface area (Å²) in [6, 6.07) is 4.68. The van der Waals surface area contributed by atoms with Gasteiger partial charge in [-0.25, -0.2) is 9.78 Å². The first-order valence-electron chi connectivity index (χ1n) is 8.01. The number of aryl methyl sites for hydroxylation is 2. The van der Waals surface area contributed by atoms with Crippen LogP contribution in [-0.2, 0) is 0 Å². The molecule has 0 saturated carbocycles. The van der Waals surface area contributed by atoms with Gasteiger partial charge < -0.3 is 5.32 Å². The summed E-state index contributed by atoms with van der Waals surface area (Å²) in [6.07, 6.45) is 0.468. The normalized spacial score (nSPS) is 13.1. The highest BCUT2D eigenvalue weighted by Gasteiger charge is 2.34. The van der Waals surface area contributed by atoms with Gasteiger partial charge in [-0.05, 0) is 38.5 Å². The second-order valence-corrected chi connectivity index (χ2v) is 7.97. The van der Waals surface area contributed by atoms with E-state index in [4.69, 9.17) is 0 Å². The summed E-state index contributed by atoms with van der Waals surface area (Å²) in [7, 11) is 0. The Morgan fingerprint density at radius 2 is 1.96 bits per heavy atom. The molecule has 1 aliphatic rings. The number of aromatic nitrogens is 1. The molecular weight excluding hydrogens is 420 g/mol. The molecule has 0 atom stereocenters. The Labute approximate surface area is 162 Å². The minimum absolute atomic E-state index is 0.250. The predicted molar refractivity (Wildman–Crippen MR) is 103 cm³/mol. The summed E-state index contributed by atoms with van der Waals surface area (Å²) in [5.74, 6) is -0.597. The number of fused-ring (bicyclic) bond motifs is 1. The molecule has 0 radical (unpaired) electrons. The minimum atomic E-state index is -0.356. The van der Waals surface area contributed by atoms with Crippen LogP contribution in [0, 0.1) is 13.8 Å². The lowest BCUT2D eigenvalue weighted by molar-refractivity contribution is 0.0653. The van der Waals surface area contributed by atoms with Crippen LogP contribution in [0.1, 0.15) is 37.7 Å². The lowest BCUT2D eigenvalue weighted by Crippen LogP contribution is -2.35. The van der Waals surface area contributed by atoms with Crippen molar-refractivity contribution in [3.63, 3.8) is 0 Å². The van der Waals surface area contributed by atoms with E-state index in [1.165, 1.54) is 16.2 Å². The molecule has 2 aromatic rings. The molecule has 2 heterocycles. The molecule has 26 heavy (non-hydrogen) atoms. The van der Waals surface area contributed by atoms with Crippen molar-refractivity contribution in [3.05, 3.63) is 44.4 Å². The van der Waals surface area contributed by atoms with Gasteiger partial charge in [-0.2, -0.15) is 0 Å². The molecule has 1 aromatic heterocycles. The molecule has 0 aliphatic carbocycles. The minimum Gasteiger partial charge on any atom is -0.338 e. The Hall–Kier alpha value is -2.26. The van der Waals surface area contributed by atoms with E-state index in [2.05, 4.69) is 31.5 Å². The zero-order valence-corrected chi connectivity index (χ0v) is 16.7. The molecular formula is C17H17BrN4O3S. The number of carbonyl (C=O) groups is 3. The first kappa shape index (κ1) is 18.5. The van der Waals surface area contributed by atoms with Crippen molar-refractivity contribution in [1.82, 2.24) is 15.2 Å². The van der Waals surface area contributed by atoms with Crippen LogP contribution < -0.4 is 10.6 Å². The maximum Gasteiger partial charge on any atom is 0.321 e. The van der Waals surface area contributed by atoms with E-state index in [1.807, 2.05) is 13.8 Å². The summed E-state index contributed by atoms with van der Waals surface area (Å²) in [5.41, 5.74) is 1.71. The molecule has 3 rings (SSSR count). The third kappa shape index (κ3) is 3.78. The molecule has 136 valence electrons. The predicted octanol–water partition coefficient (Wildman–Crippen LogP) is 3.33. The van der Waals surface area contributed by atoms with Crippen LogP contribution in [0.2, 0.25) is 0 Å². The van der Waals surface area contributed by atoms with Gasteiger partial charge in [0.2, 0.25) is 0 Å². The van der Waals surface area contributed by atoms with Gasteiger partial charge in [0.1, 0.15) is 0 Å². The van der Waals surface area contributed by atoms with Gasteiger partial charge >= 0.3 is 6.03 Å². The summed E-state index contributed by atoms with van der Waals surface area (Å²) >= 11 is 4.72. The number of benzene rings is 1. The van der Waals surface area contributed by atoms with Crippen molar-refractivity contribution < 1.29 is 14.4 Å².